The molecule has 0 fully saturated rings. The van der Waals surface area contributed by atoms with Gasteiger partial charge in [-0.05, 0) is 26.0 Å². The van der Waals surface area contributed by atoms with Gasteiger partial charge in [0.05, 0.1) is 11.4 Å². The van der Waals surface area contributed by atoms with E-state index in [9.17, 15) is 9.59 Å². The minimum absolute atomic E-state index is 0.0479. The number of hydrogen-bond acceptors (Lipinski definition) is 4. The number of nitrogen functional groups attached to an aromatic ring is 1. The fourth-order valence-corrected chi connectivity index (χ4v) is 2.68. The highest BCUT2D eigenvalue weighted by molar-refractivity contribution is 7.14. The second kappa shape index (κ2) is 5.41. The van der Waals surface area contributed by atoms with Gasteiger partial charge < -0.3 is 0 Å². The van der Waals surface area contributed by atoms with Crippen molar-refractivity contribution in [1.82, 2.24) is 14.6 Å². The Bertz CT molecular complexity index is 638. The number of amides is 1. The van der Waals surface area contributed by atoms with Crippen LogP contribution >= 0.6 is 11.3 Å². The molecule has 7 heteroatoms. The molecule has 1 amide bonds. The van der Waals surface area contributed by atoms with Crippen LogP contribution in [-0.2, 0) is 6.54 Å². The van der Waals surface area contributed by atoms with Crippen molar-refractivity contribution >= 4 is 17.2 Å². The zero-order chi connectivity index (χ0) is 14.0. The van der Waals surface area contributed by atoms with E-state index in [2.05, 4.69) is 5.43 Å². The van der Waals surface area contributed by atoms with Crippen LogP contribution in [0.3, 0.4) is 0 Å². The van der Waals surface area contributed by atoms with E-state index in [1.54, 1.807) is 27.6 Å². The third-order valence-corrected chi connectivity index (χ3v) is 3.84. The fourth-order valence-electron chi connectivity index (χ4n) is 1.77. The average Bonchev–Trinajstić information content (AvgIpc) is 2.97. The summed E-state index contributed by atoms with van der Waals surface area (Å²) in [5, 5.41) is 0. The number of nitrogens with two attached hydrogens (primary N) is 1. The van der Waals surface area contributed by atoms with E-state index in [-0.39, 0.29) is 17.6 Å². The van der Waals surface area contributed by atoms with Gasteiger partial charge in [-0.1, -0.05) is 0 Å². The standard InChI is InChI=1S/C12H16N4O2S/c1-8(2)16-6-5-15(12(16)18)7-9-3-4-10(19-9)11(17)14-13/h3-6,8H,7,13H2,1-2H3,(H,14,17). The maximum Gasteiger partial charge on any atom is 0.328 e. The zero-order valence-electron chi connectivity index (χ0n) is 10.8. The summed E-state index contributed by atoms with van der Waals surface area (Å²) in [6, 6.07) is 3.66. The normalized spacial score (nSPS) is 10.9. The largest absolute Gasteiger partial charge is 0.328 e. The Labute approximate surface area is 114 Å². The van der Waals surface area contributed by atoms with Gasteiger partial charge >= 0.3 is 5.69 Å². The average molecular weight is 280 g/mol. The van der Waals surface area contributed by atoms with Gasteiger partial charge in [-0.2, -0.15) is 0 Å². The third-order valence-electron chi connectivity index (χ3n) is 2.77. The van der Waals surface area contributed by atoms with Crippen molar-refractivity contribution in [3.05, 3.63) is 44.8 Å². The second-order valence-electron chi connectivity index (χ2n) is 4.45. The molecule has 0 saturated carbocycles. The molecular weight excluding hydrogens is 264 g/mol. The number of rotatable bonds is 4. The number of nitrogens with zero attached hydrogens (tertiary/aromatic N) is 2. The molecule has 0 unspecified atom stereocenters. The quantitative estimate of drug-likeness (QED) is 0.497. The Hall–Kier alpha value is -1.86. The number of carbonyl (C=O) groups is 1. The molecule has 0 aliphatic rings. The molecule has 102 valence electrons. The van der Waals surface area contributed by atoms with Crippen molar-refractivity contribution in [3.8, 4) is 0 Å². The summed E-state index contributed by atoms with van der Waals surface area (Å²) in [5.41, 5.74) is 2.04. The smallest absolute Gasteiger partial charge is 0.297 e. The number of thiophene rings is 1. The zero-order valence-corrected chi connectivity index (χ0v) is 11.6. The molecule has 0 aliphatic heterocycles. The summed E-state index contributed by atoms with van der Waals surface area (Å²) in [4.78, 5) is 24.9. The summed E-state index contributed by atoms with van der Waals surface area (Å²) < 4.78 is 3.29. The topological polar surface area (TPSA) is 82.1 Å². The molecule has 0 bridgehead atoms. The van der Waals surface area contributed by atoms with E-state index >= 15 is 0 Å². The lowest BCUT2D eigenvalue weighted by molar-refractivity contribution is 0.0957. The highest BCUT2D eigenvalue weighted by atomic mass is 32.1. The monoisotopic (exact) mass is 280 g/mol. The van der Waals surface area contributed by atoms with Gasteiger partial charge in [0.2, 0.25) is 0 Å². The maximum absolute atomic E-state index is 12.0. The molecule has 0 atom stereocenters. The van der Waals surface area contributed by atoms with Gasteiger partial charge in [0, 0.05) is 23.3 Å². The van der Waals surface area contributed by atoms with Crippen LogP contribution in [0.4, 0.5) is 0 Å². The van der Waals surface area contributed by atoms with Gasteiger partial charge in [0.25, 0.3) is 5.91 Å². The summed E-state index contributed by atoms with van der Waals surface area (Å²) in [6.07, 6.45) is 3.53. The van der Waals surface area contributed by atoms with E-state index in [0.717, 1.165) is 4.88 Å². The van der Waals surface area contributed by atoms with E-state index in [1.807, 2.05) is 19.9 Å². The lowest BCUT2D eigenvalue weighted by Crippen LogP contribution is -2.29. The van der Waals surface area contributed by atoms with Crippen LogP contribution < -0.4 is 17.0 Å². The van der Waals surface area contributed by atoms with Gasteiger partial charge in [0.1, 0.15) is 0 Å². The van der Waals surface area contributed by atoms with E-state index in [1.165, 1.54) is 11.3 Å². The first-order chi connectivity index (χ1) is 9.02. The molecule has 0 aromatic carbocycles. The van der Waals surface area contributed by atoms with Crippen LogP contribution in [0.25, 0.3) is 0 Å². The molecule has 2 heterocycles. The highest BCUT2D eigenvalue weighted by Crippen LogP contribution is 2.17. The van der Waals surface area contributed by atoms with Gasteiger partial charge in [-0.25, -0.2) is 10.6 Å². The van der Waals surface area contributed by atoms with E-state index in [4.69, 9.17) is 5.84 Å². The van der Waals surface area contributed by atoms with Crippen LogP contribution in [-0.4, -0.2) is 15.0 Å². The Balaban J connectivity index is 2.20. The minimum Gasteiger partial charge on any atom is -0.297 e. The SMILES string of the molecule is CC(C)n1ccn(Cc2ccc(C(=O)NN)s2)c1=O. The molecule has 2 aromatic heterocycles. The highest BCUT2D eigenvalue weighted by Gasteiger charge is 2.10. The predicted molar refractivity (Wildman–Crippen MR) is 74.2 cm³/mol. The van der Waals surface area contributed by atoms with Crippen LogP contribution in [0.5, 0.6) is 0 Å². The predicted octanol–water partition coefficient (Wildman–Crippen LogP) is 0.944. The summed E-state index contributed by atoms with van der Waals surface area (Å²) in [5.74, 6) is 4.76. The lowest BCUT2D eigenvalue weighted by atomic mass is 10.4. The number of hydrazine groups is 1. The fraction of sp³-hybridized carbons (Fsp3) is 0.333. The molecule has 3 N–H and O–H groups in total. The Kier molecular flexibility index (Phi) is 3.87. The van der Waals surface area contributed by atoms with E-state index in [0.29, 0.717) is 11.4 Å². The first-order valence-corrected chi connectivity index (χ1v) is 6.71. The van der Waals surface area contributed by atoms with Crippen molar-refractivity contribution in [3.63, 3.8) is 0 Å². The molecule has 2 rings (SSSR count). The minimum atomic E-state index is -0.316. The third kappa shape index (κ3) is 2.77. The summed E-state index contributed by atoms with van der Waals surface area (Å²) in [7, 11) is 0. The van der Waals surface area contributed by atoms with Crippen molar-refractivity contribution in [2.45, 2.75) is 26.4 Å². The number of carbonyl (C=O) groups excluding carboxylic acids is 1. The number of hydrogen-bond donors (Lipinski definition) is 2. The molecule has 0 spiro atoms. The van der Waals surface area contributed by atoms with Crippen LogP contribution in [0.15, 0.2) is 29.3 Å². The van der Waals surface area contributed by atoms with Gasteiger partial charge in [-0.15, -0.1) is 11.3 Å². The van der Waals surface area contributed by atoms with Crippen LogP contribution in [0.2, 0.25) is 0 Å². The summed E-state index contributed by atoms with van der Waals surface area (Å²) in [6.45, 7) is 4.38. The Morgan fingerprint density at radius 2 is 2.16 bits per heavy atom. The van der Waals surface area contributed by atoms with Crippen molar-refractivity contribution in [2.24, 2.45) is 5.84 Å². The molecule has 0 aliphatic carbocycles. The van der Waals surface area contributed by atoms with Crippen LogP contribution in [0, 0.1) is 0 Å². The molecule has 0 radical (unpaired) electrons. The van der Waals surface area contributed by atoms with Gasteiger partial charge in [-0.3, -0.25) is 19.4 Å². The lowest BCUT2D eigenvalue weighted by Gasteiger charge is -2.04. The van der Waals surface area contributed by atoms with E-state index < -0.39 is 0 Å². The summed E-state index contributed by atoms with van der Waals surface area (Å²) >= 11 is 1.33. The number of nitrogens with one attached hydrogen (secondary N) is 1. The Morgan fingerprint density at radius 1 is 1.42 bits per heavy atom. The molecule has 6 nitrogen and oxygen atoms in total. The second-order valence-corrected chi connectivity index (χ2v) is 5.62. The number of aromatic nitrogens is 2. The molecule has 19 heavy (non-hydrogen) atoms. The van der Waals surface area contributed by atoms with Crippen molar-refractivity contribution < 1.29 is 4.79 Å². The molecular formula is C12H16N4O2S. The van der Waals surface area contributed by atoms with Gasteiger partial charge in [0.15, 0.2) is 0 Å². The van der Waals surface area contributed by atoms with Crippen molar-refractivity contribution in [1.29, 1.82) is 0 Å². The molecule has 0 saturated heterocycles. The Morgan fingerprint density at radius 3 is 2.74 bits per heavy atom. The number of imidazole rings is 1. The van der Waals surface area contributed by atoms with Crippen molar-refractivity contribution in [2.75, 3.05) is 0 Å². The first-order valence-electron chi connectivity index (χ1n) is 5.90. The maximum atomic E-state index is 12.0. The molecule has 2 aromatic rings. The van der Waals surface area contributed by atoms with Crippen LogP contribution in [0.1, 0.15) is 34.4 Å². The first kappa shape index (κ1) is 13.6.